The molecule has 2 aromatic carbocycles. The standard InChI is InChI=1S/C17H15NO/c18-15-9-8-12-13(15)5-3-6-14(12)17-10-11-4-1-2-7-16(11)19-17/h1-7,10,15H,8-9,18H2. The molecular formula is C17H15NO. The molecule has 1 unspecified atom stereocenters. The maximum absolute atomic E-state index is 6.14. The third-order valence-electron chi connectivity index (χ3n) is 4.01. The van der Waals surface area contributed by atoms with Crippen molar-refractivity contribution < 1.29 is 4.42 Å². The van der Waals surface area contributed by atoms with E-state index in [1.54, 1.807) is 0 Å². The van der Waals surface area contributed by atoms with Crippen LogP contribution in [-0.2, 0) is 6.42 Å². The summed E-state index contributed by atoms with van der Waals surface area (Å²) in [5.41, 5.74) is 10.9. The lowest BCUT2D eigenvalue weighted by molar-refractivity contribution is 0.630. The molecule has 2 N–H and O–H groups in total. The summed E-state index contributed by atoms with van der Waals surface area (Å²) in [6, 6.07) is 16.8. The van der Waals surface area contributed by atoms with Gasteiger partial charge in [0.1, 0.15) is 11.3 Å². The van der Waals surface area contributed by atoms with Gasteiger partial charge in [0.25, 0.3) is 0 Å². The smallest absolute Gasteiger partial charge is 0.135 e. The van der Waals surface area contributed by atoms with Crippen LogP contribution in [0.2, 0.25) is 0 Å². The maximum atomic E-state index is 6.14. The van der Waals surface area contributed by atoms with Gasteiger partial charge in [0, 0.05) is 17.0 Å². The monoisotopic (exact) mass is 249 g/mol. The van der Waals surface area contributed by atoms with Crippen molar-refractivity contribution in [2.75, 3.05) is 0 Å². The van der Waals surface area contributed by atoms with Gasteiger partial charge in [0.2, 0.25) is 0 Å². The summed E-state index contributed by atoms with van der Waals surface area (Å²) in [6.07, 6.45) is 2.08. The Morgan fingerprint density at radius 2 is 1.95 bits per heavy atom. The molecule has 2 heteroatoms. The Labute approximate surface area is 111 Å². The van der Waals surface area contributed by atoms with Crippen LogP contribution < -0.4 is 5.73 Å². The first-order valence-corrected chi connectivity index (χ1v) is 6.69. The van der Waals surface area contributed by atoms with Gasteiger partial charge in [-0.2, -0.15) is 0 Å². The maximum Gasteiger partial charge on any atom is 0.135 e. The van der Waals surface area contributed by atoms with Gasteiger partial charge in [-0.25, -0.2) is 0 Å². The normalized spacial score (nSPS) is 17.8. The van der Waals surface area contributed by atoms with Crippen LogP contribution in [0.15, 0.2) is 52.9 Å². The van der Waals surface area contributed by atoms with E-state index in [2.05, 4.69) is 30.3 Å². The average molecular weight is 249 g/mol. The third-order valence-corrected chi connectivity index (χ3v) is 4.01. The van der Waals surface area contributed by atoms with Gasteiger partial charge in [-0.15, -0.1) is 0 Å². The summed E-state index contributed by atoms with van der Waals surface area (Å²) in [5, 5.41) is 1.15. The Kier molecular flexibility index (Phi) is 2.26. The molecule has 0 fully saturated rings. The van der Waals surface area contributed by atoms with Crippen LogP contribution in [0.25, 0.3) is 22.3 Å². The van der Waals surface area contributed by atoms with Crippen molar-refractivity contribution >= 4 is 11.0 Å². The highest BCUT2D eigenvalue weighted by Crippen LogP contribution is 2.38. The SMILES string of the molecule is NC1CCc2c(-c3cc4ccccc4o3)cccc21. The molecule has 0 amide bonds. The van der Waals surface area contributed by atoms with E-state index in [0.29, 0.717) is 0 Å². The van der Waals surface area contributed by atoms with Crippen LogP contribution >= 0.6 is 0 Å². The largest absolute Gasteiger partial charge is 0.456 e. The topological polar surface area (TPSA) is 39.2 Å². The molecule has 4 rings (SSSR count). The van der Waals surface area contributed by atoms with E-state index in [4.69, 9.17) is 10.2 Å². The van der Waals surface area contributed by atoms with Crippen LogP contribution in [0.5, 0.6) is 0 Å². The molecule has 1 aliphatic rings. The zero-order chi connectivity index (χ0) is 12.8. The predicted molar refractivity (Wildman–Crippen MR) is 76.9 cm³/mol. The van der Waals surface area contributed by atoms with E-state index in [-0.39, 0.29) is 6.04 Å². The van der Waals surface area contributed by atoms with Crippen molar-refractivity contribution in [3.05, 3.63) is 59.7 Å². The molecule has 19 heavy (non-hydrogen) atoms. The van der Waals surface area contributed by atoms with Crippen molar-refractivity contribution in [1.29, 1.82) is 0 Å². The molecule has 1 atom stereocenters. The molecule has 0 saturated heterocycles. The number of nitrogens with two attached hydrogens (primary N) is 1. The van der Waals surface area contributed by atoms with Crippen molar-refractivity contribution in [2.45, 2.75) is 18.9 Å². The number of furan rings is 1. The molecule has 94 valence electrons. The molecule has 1 aromatic heterocycles. The summed E-state index contributed by atoms with van der Waals surface area (Å²) in [5.74, 6) is 0.951. The minimum Gasteiger partial charge on any atom is -0.456 e. The molecule has 3 aromatic rings. The highest BCUT2D eigenvalue weighted by Gasteiger charge is 2.23. The van der Waals surface area contributed by atoms with E-state index >= 15 is 0 Å². The fourth-order valence-corrected chi connectivity index (χ4v) is 3.03. The van der Waals surface area contributed by atoms with Crippen LogP contribution in [0.4, 0.5) is 0 Å². The number of benzene rings is 2. The second-order valence-corrected chi connectivity index (χ2v) is 5.17. The van der Waals surface area contributed by atoms with E-state index in [0.717, 1.165) is 29.6 Å². The zero-order valence-electron chi connectivity index (χ0n) is 10.6. The van der Waals surface area contributed by atoms with Crippen LogP contribution in [-0.4, -0.2) is 0 Å². The minimum atomic E-state index is 0.180. The lowest BCUT2D eigenvalue weighted by Crippen LogP contribution is -2.04. The number of hydrogen-bond donors (Lipinski definition) is 1. The van der Waals surface area contributed by atoms with E-state index in [9.17, 15) is 0 Å². The van der Waals surface area contributed by atoms with Gasteiger partial charge in [0.05, 0.1) is 0 Å². The van der Waals surface area contributed by atoms with Gasteiger partial charge < -0.3 is 10.2 Å². The molecule has 1 heterocycles. The first-order chi connectivity index (χ1) is 9.33. The summed E-state index contributed by atoms with van der Waals surface area (Å²) in [4.78, 5) is 0. The fourth-order valence-electron chi connectivity index (χ4n) is 3.03. The van der Waals surface area contributed by atoms with E-state index < -0.39 is 0 Å². The Balaban J connectivity index is 1.93. The summed E-state index contributed by atoms with van der Waals surface area (Å²) in [7, 11) is 0. The number of fused-ring (bicyclic) bond motifs is 2. The Morgan fingerprint density at radius 3 is 2.84 bits per heavy atom. The second kappa shape index (κ2) is 3.97. The quantitative estimate of drug-likeness (QED) is 0.706. The van der Waals surface area contributed by atoms with Gasteiger partial charge in [-0.3, -0.25) is 0 Å². The molecular weight excluding hydrogens is 234 g/mol. The molecule has 0 bridgehead atoms. The molecule has 2 nitrogen and oxygen atoms in total. The lowest BCUT2D eigenvalue weighted by atomic mass is 10.0. The first-order valence-electron chi connectivity index (χ1n) is 6.69. The molecule has 0 radical (unpaired) electrons. The number of rotatable bonds is 1. The van der Waals surface area contributed by atoms with E-state index in [1.807, 2.05) is 18.2 Å². The second-order valence-electron chi connectivity index (χ2n) is 5.17. The van der Waals surface area contributed by atoms with Crippen molar-refractivity contribution in [2.24, 2.45) is 5.73 Å². The van der Waals surface area contributed by atoms with E-state index in [1.165, 1.54) is 16.7 Å². The molecule has 0 spiro atoms. The molecule has 1 aliphatic carbocycles. The number of hydrogen-bond acceptors (Lipinski definition) is 2. The van der Waals surface area contributed by atoms with Gasteiger partial charge in [-0.1, -0.05) is 36.4 Å². The van der Waals surface area contributed by atoms with Crippen LogP contribution in [0, 0.1) is 0 Å². The fraction of sp³-hybridized carbons (Fsp3) is 0.176. The van der Waals surface area contributed by atoms with Gasteiger partial charge >= 0.3 is 0 Å². The first kappa shape index (κ1) is 10.8. The Bertz CT molecular complexity index is 724. The van der Waals surface area contributed by atoms with Crippen LogP contribution in [0.3, 0.4) is 0 Å². The zero-order valence-corrected chi connectivity index (χ0v) is 10.6. The van der Waals surface area contributed by atoms with Gasteiger partial charge in [-0.05, 0) is 36.1 Å². The Hall–Kier alpha value is -2.06. The van der Waals surface area contributed by atoms with Crippen molar-refractivity contribution in [3.8, 4) is 11.3 Å². The molecule has 0 aliphatic heterocycles. The van der Waals surface area contributed by atoms with Gasteiger partial charge in [0.15, 0.2) is 0 Å². The Morgan fingerprint density at radius 1 is 1.05 bits per heavy atom. The average Bonchev–Trinajstić information content (AvgIpc) is 3.03. The minimum absolute atomic E-state index is 0.180. The lowest BCUT2D eigenvalue weighted by Gasteiger charge is -2.07. The summed E-state index contributed by atoms with van der Waals surface area (Å²) < 4.78 is 5.97. The predicted octanol–water partition coefficient (Wildman–Crippen LogP) is 4.05. The summed E-state index contributed by atoms with van der Waals surface area (Å²) >= 11 is 0. The highest BCUT2D eigenvalue weighted by atomic mass is 16.3. The van der Waals surface area contributed by atoms with Crippen molar-refractivity contribution in [1.82, 2.24) is 0 Å². The summed E-state index contributed by atoms with van der Waals surface area (Å²) in [6.45, 7) is 0. The van der Waals surface area contributed by atoms with Crippen molar-refractivity contribution in [3.63, 3.8) is 0 Å². The third kappa shape index (κ3) is 1.60. The molecule has 0 saturated carbocycles. The van der Waals surface area contributed by atoms with Crippen LogP contribution in [0.1, 0.15) is 23.6 Å². The number of para-hydroxylation sites is 1. The highest BCUT2D eigenvalue weighted by molar-refractivity contribution is 5.83.